The molecule has 100 valence electrons. The lowest BCUT2D eigenvalue weighted by Crippen LogP contribution is -2.01. The molecule has 0 N–H and O–H groups in total. The fourth-order valence-electron chi connectivity index (χ4n) is 1.51. The van der Waals surface area contributed by atoms with Crippen LogP contribution in [0.5, 0.6) is 0 Å². The van der Waals surface area contributed by atoms with E-state index >= 15 is 0 Å². The zero-order chi connectivity index (χ0) is 14.2. The quantitative estimate of drug-likeness (QED) is 0.482. The Balaban J connectivity index is 2.43. The van der Waals surface area contributed by atoms with Gasteiger partial charge in [0.25, 0.3) is 0 Å². The maximum atomic E-state index is 13.5. The van der Waals surface area contributed by atoms with E-state index in [1.165, 1.54) is 6.07 Å². The van der Waals surface area contributed by atoms with Crippen molar-refractivity contribution in [2.24, 2.45) is 0 Å². The van der Waals surface area contributed by atoms with Crippen LogP contribution in [0.2, 0.25) is 0 Å². The van der Waals surface area contributed by atoms with E-state index in [2.05, 4.69) is 15.9 Å². The molecule has 0 amide bonds. The number of nitrogens with zero attached hydrogens (tertiary/aromatic N) is 1. The average molecular weight is 336 g/mol. The first-order valence-electron chi connectivity index (χ1n) is 4.92. The second-order valence-corrected chi connectivity index (χ2v) is 4.49. The summed E-state index contributed by atoms with van der Waals surface area (Å²) in [5, 5.41) is 10.5. The molecule has 0 saturated carbocycles. The third-order valence-corrected chi connectivity index (χ3v) is 3.25. The molecule has 0 radical (unpaired) electrons. The van der Waals surface area contributed by atoms with E-state index in [4.69, 9.17) is 4.42 Å². The molecule has 1 aromatic heterocycles. The Morgan fingerprint density at radius 3 is 2.26 bits per heavy atom. The lowest BCUT2D eigenvalue weighted by molar-refractivity contribution is -0.402. The Hall–Kier alpha value is -1.83. The lowest BCUT2D eigenvalue weighted by Gasteiger charge is -2.09. The number of hydrogen-bond acceptors (Lipinski definition) is 3. The molecule has 0 bridgehead atoms. The molecule has 19 heavy (non-hydrogen) atoms. The molecule has 0 saturated heterocycles. The number of hydrogen-bond donors (Lipinski definition) is 0. The molecule has 0 aliphatic rings. The normalized spacial score (nSPS) is 12.4. The topological polar surface area (TPSA) is 56.3 Å². The predicted molar refractivity (Wildman–Crippen MR) is 62.4 cm³/mol. The Labute approximate surface area is 113 Å². The summed E-state index contributed by atoms with van der Waals surface area (Å²) in [5.41, 5.74) is -0.481. The molecule has 0 aliphatic heterocycles. The second-order valence-electron chi connectivity index (χ2n) is 3.58. The van der Waals surface area contributed by atoms with Gasteiger partial charge in [-0.3, -0.25) is 10.1 Å². The smallest absolute Gasteiger partial charge is 0.404 e. The van der Waals surface area contributed by atoms with Crippen LogP contribution in [0.25, 0.3) is 0 Å². The standard InChI is InChI=1S/C11H5BrF3NO3/c12-11(8-1-2-9(19-8)16(17)18)10-6(14)3-5(13)4-7(10)15/h1-4,11H. The summed E-state index contributed by atoms with van der Waals surface area (Å²) in [6.45, 7) is 0. The molecule has 0 spiro atoms. The monoisotopic (exact) mass is 335 g/mol. The molecular formula is C11H5BrF3NO3. The van der Waals surface area contributed by atoms with Crippen molar-refractivity contribution in [2.45, 2.75) is 4.83 Å². The Kier molecular flexibility index (Phi) is 3.61. The Bertz CT molecular complexity index is 621. The largest absolute Gasteiger partial charge is 0.433 e. The summed E-state index contributed by atoms with van der Waals surface area (Å²) in [7, 11) is 0. The van der Waals surface area contributed by atoms with Crippen LogP contribution in [0.4, 0.5) is 19.1 Å². The number of halogens is 4. The van der Waals surface area contributed by atoms with Gasteiger partial charge in [0.15, 0.2) is 0 Å². The van der Waals surface area contributed by atoms with E-state index in [0.717, 1.165) is 6.07 Å². The lowest BCUT2D eigenvalue weighted by atomic mass is 10.1. The third-order valence-electron chi connectivity index (χ3n) is 2.34. The highest BCUT2D eigenvalue weighted by molar-refractivity contribution is 9.09. The first-order valence-corrected chi connectivity index (χ1v) is 5.84. The first-order chi connectivity index (χ1) is 8.90. The van der Waals surface area contributed by atoms with Crippen molar-refractivity contribution in [3.63, 3.8) is 0 Å². The number of benzene rings is 1. The van der Waals surface area contributed by atoms with Crippen LogP contribution < -0.4 is 0 Å². The first kappa shape index (κ1) is 13.6. The molecule has 0 aliphatic carbocycles. The van der Waals surface area contributed by atoms with Crippen LogP contribution in [0.1, 0.15) is 16.2 Å². The van der Waals surface area contributed by atoms with Crippen molar-refractivity contribution in [1.29, 1.82) is 0 Å². The summed E-state index contributed by atoms with van der Waals surface area (Å²) in [4.78, 5) is 8.58. The fourth-order valence-corrected chi connectivity index (χ4v) is 2.20. The van der Waals surface area contributed by atoms with Crippen LogP contribution in [0.3, 0.4) is 0 Å². The number of furan rings is 1. The molecule has 8 heteroatoms. The van der Waals surface area contributed by atoms with Crippen molar-refractivity contribution >= 4 is 21.8 Å². The average Bonchev–Trinajstić information content (AvgIpc) is 2.76. The van der Waals surface area contributed by atoms with Gasteiger partial charge in [0.1, 0.15) is 33.0 Å². The number of rotatable bonds is 3. The van der Waals surface area contributed by atoms with E-state index in [1.54, 1.807) is 0 Å². The SMILES string of the molecule is O=[N+]([O-])c1ccc(C(Br)c2c(F)cc(F)cc2F)o1. The van der Waals surface area contributed by atoms with Crippen LogP contribution >= 0.6 is 15.9 Å². The highest BCUT2D eigenvalue weighted by Gasteiger charge is 2.25. The van der Waals surface area contributed by atoms with Gasteiger partial charge in [-0.25, -0.2) is 13.2 Å². The van der Waals surface area contributed by atoms with Gasteiger partial charge >= 0.3 is 5.88 Å². The highest BCUT2D eigenvalue weighted by atomic mass is 79.9. The van der Waals surface area contributed by atoms with Crippen molar-refractivity contribution < 1.29 is 22.5 Å². The maximum Gasteiger partial charge on any atom is 0.433 e. The van der Waals surface area contributed by atoms with Gasteiger partial charge in [-0.1, -0.05) is 15.9 Å². The van der Waals surface area contributed by atoms with Gasteiger partial charge < -0.3 is 4.42 Å². The zero-order valence-electron chi connectivity index (χ0n) is 9.07. The maximum absolute atomic E-state index is 13.5. The molecule has 1 heterocycles. The molecule has 0 fully saturated rings. The van der Waals surface area contributed by atoms with Crippen LogP contribution in [-0.4, -0.2) is 4.92 Å². The Morgan fingerprint density at radius 2 is 1.79 bits per heavy atom. The van der Waals surface area contributed by atoms with E-state index in [0.29, 0.717) is 12.1 Å². The van der Waals surface area contributed by atoms with E-state index < -0.39 is 38.6 Å². The van der Waals surface area contributed by atoms with E-state index in [1.807, 2.05) is 0 Å². The zero-order valence-corrected chi connectivity index (χ0v) is 10.7. The molecule has 1 atom stereocenters. The third kappa shape index (κ3) is 2.62. The van der Waals surface area contributed by atoms with Gasteiger partial charge in [0.2, 0.25) is 0 Å². The van der Waals surface area contributed by atoms with Gasteiger partial charge in [-0.2, -0.15) is 0 Å². The molecule has 1 aromatic carbocycles. The second kappa shape index (κ2) is 5.04. The minimum absolute atomic E-state index is 0.0592. The van der Waals surface area contributed by atoms with Crippen molar-refractivity contribution in [3.8, 4) is 0 Å². The van der Waals surface area contributed by atoms with Crippen LogP contribution in [0.15, 0.2) is 28.7 Å². The molecule has 2 rings (SSSR count). The fraction of sp³-hybridized carbons (Fsp3) is 0.0909. The summed E-state index contributed by atoms with van der Waals surface area (Å²) in [6, 6.07) is 3.30. The minimum Gasteiger partial charge on any atom is -0.404 e. The molecule has 2 aromatic rings. The van der Waals surface area contributed by atoms with Crippen molar-refractivity contribution in [1.82, 2.24) is 0 Å². The van der Waals surface area contributed by atoms with Gasteiger partial charge in [0.05, 0.1) is 6.07 Å². The van der Waals surface area contributed by atoms with E-state index in [-0.39, 0.29) is 5.76 Å². The minimum atomic E-state index is -1.11. The van der Waals surface area contributed by atoms with Crippen molar-refractivity contribution in [3.05, 3.63) is 63.2 Å². The molecule has 1 unspecified atom stereocenters. The van der Waals surface area contributed by atoms with E-state index in [9.17, 15) is 23.3 Å². The van der Waals surface area contributed by atoms with Gasteiger partial charge in [0, 0.05) is 17.7 Å². The predicted octanol–water partition coefficient (Wildman–Crippen LogP) is 4.09. The number of alkyl halides is 1. The number of nitro groups is 1. The van der Waals surface area contributed by atoms with Crippen LogP contribution in [-0.2, 0) is 0 Å². The van der Waals surface area contributed by atoms with Crippen LogP contribution in [0, 0.1) is 27.6 Å². The summed E-state index contributed by atoms with van der Waals surface area (Å²) < 4.78 is 44.7. The Morgan fingerprint density at radius 1 is 1.21 bits per heavy atom. The summed E-state index contributed by atoms with van der Waals surface area (Å²) in [6.07, 6.45) is 0. The highest BCUT2D eigenvalue weighted by Crippen LogP contribution is 2.36. The van der Waals surface area contributed by atoms with Gasteiger partial charge in [-0.05, 0) is 6.07 Å². The molecule has 4 nitrogen and oxygen atoms in total. The summed E-state index contributed by atoms with van der Waals surface area (Å²) >= 11 is 2.96. The van der Waals surface area contributed by atoms with Crippen molar-refractivity contribution in [2.75, 3.05) is 0 Å². The molecular weight excluding hydrogens is 331 g/mol. The summed E-state index contributed by atoms with van der Waals surface area (Å²) in [5.74, 6) is -3.89. The van der Waals surface area contributed by atoms with Gasteiger partial charge in [-0.15, -0.1) is 0 Å².